The van der Waals surface area contributed by atoms with E-state index in [1.165, 1.54) is 0 Å². The summed E-state index contributed by atoms with van der Waals surface area (Å²) in [4.78, 5) is 8.90. The summed E-state index contributed by atoms with van der Waals surface area (Å²) in [5, 5.41) is 11.1. The molecule has 16 heavy (non-hydrogen) atoms. The second-order valence-electron chi connectivity index (χ2n) is 2.78. The number of aliphatic carboxylic acids is 1. The summed E-state index contributed by atoms with van der Waals surface area (Å²) in [6.07, 6.45) is -3.48. The number of fused-ring (bicyclic) bond motifs is 1. The van der Waals surface area contributed by atoms with Crippen molar-refractivity contribution in [1.29, 1.82) is 0 Å². The van der Waals surface area contributed by atoms with Crippen molar-refractivity contribution in [3.63, 3.8) is 0 Å². The molecule has 1 aliphatic heterocycles. The van der Waals surface area contributed by atoms with Crippen molar-refractivity contribution in [2.24, 2.45) is 0 Å². The highest BCUT2D eigenvalue weighted by Gasteiger charge is 2.38. The van der Waals surface area contributed by atoms with Crippen molar-refractivity contribution >= 4 is 11.7 Å². The second-order valence-corrected chi connectivity index (χ2v) is 2.78. The van der Waals surface area contributed by atoms with Gasteiger partial charge >= 0.3 is 12.1 Å². The minimum Gasteiger partial charge on any atom is -0.475 e. The number of nitrogens with zero attached hydrogens (tertiary/aromatic N) is 2. The monoisotopic (exact) mass is 239 g/mol. The average molecular weight is 239 g/mol. The summed E-state index contributed by atoms with van der Waals surface area (Å²) in [5.74, 6) is -2.04. The zero-order valence-corrected chi connectivity index (χ0v) is 7.86. The quantitative estimate of drug-likeness (QED) is 0.687. The van der Waals surface area contributed by atoms with Crippen LogP contribution in [0, 0.1) is 0 Å². The van der Waals surface area contributed by atoms with Gasteiger partial charge in [-0.3, -0.25) is 0 Å². The molecule has 2 rings (SSSR count). The summed E-state index contributed by atoms with van der Waals surface area (Å²) in [7, 11) is 0. The van der Waals surface area contributed by atoms with Gasteiger partial charge in [-0.2, -0.15) is 18.3 Å². The molecule has 0 saturated carbocycles. The predicted molar refractivity (Wildman–Crippen MR) is 45.8 cm³/mol. The van der Waals surface area contributed by atoms with E-state index in [0.717, 1.165) is 12.4 Å². The molecule has 0 aliphatic carbocycles. The van der Waals surface area contributed by atoms with Gasteiger partial charge in [-0.05, 0) is 0 Å². The van der Waals surface area contributed by atoms with Gasteiger partial charge in [-0.1, -0.05) is 0 Å². The molecule has 90 valence electrons. The normalized spacial score (nSPS) is 13.4. The molecule has 9 heteroatoms. The van der Waals surface area contributed by atoms with Crippen LogP contribution in [0.25, 0.3) is 0 Å². The van der Waals surface area contributed by atoms with E-state index in [0.29, 0.717) is 12.3 Å². The van der Waals surface area contributed by atoms with E-state index in [4.69, 9.17) is 20.4 Å². The van der Waals surface area contributed by atoms with Crippen LogP contribution in [0.15, 0.2) is 6.20 Å². The van der Waals surface area contributed by atoms with Gasteiger partial charge in [0.15, 0.2) is 0 Å². The summed E-state index contributed by atoms with van der Waals surface area (Å²) in [5.41, 5.74) is 6.12. The Morgan fingerprint density at radius 1 is 1.62 bits per heavy atom. The molecule has 3 N–H and O–H groups in total. The zero-order chi connectivity index (χ0) is 12.3. The highest BCUT2D eigenvalue weighted by atomic mass is 19.4. The summed E-state index contributed by atoms with van der Waals surface area (Å²) in [6, 6.07) is 0. The molecule has 1 aliphatic rings. The molecule has 1 aromatic heterocycles. The molecule has 1 aromatic rings. The fourth-order valence-corrected chi connectivity index (χ4v) is 0.934. The lowest BCUT2D eigenvalue weighted by atomic mass is 10.6. The Hall–Kier alpha value is -1.93. The number of rotatable bonds is 0. The third kappa shape index (κ3) is 2.78. The summed E-state index contributed by atoms with van der Waals surface area (Å²) in [6.45, 7) is 1.53. The van der Waals surface area contributed by atoms with Crippen molar-refractivity contribution < 1.29 is 27.8 Å². The second kappa shape index (κ2) is 4.29. The number of ether oxygens (including phenoxy) is 1. The molecule has 0 atom stereocenters. The number of nitrogens with two attached hydrogens (primary N) is 1. The van der Waals surface area contributed by atoms with E-state index in [9.17, 15) is 13.2 Å². The van der Waals surface area contributed by atoms with Crippen LogP contribution >= 0.6 is 0 Å². The minimum atomic E-state index is -5.08. The number of aromatic nitrogens is 2. The van der Waals surface area contributed by atoms with E-state index >= 15 is 0 Å². The summed E-state index contributed by atoms with van der Waals surface area (Å²) < 4.78 is 38.6. The first kappa shape index (κ1) is 12.1. The molecule has 0 aromatic carbocycles. The highest BCUT2D eigenvalue weighted by molar-refractivity contribution is 5.73. The van der Waals surface area contributed by atoms with Crippen LogP contribution in [-0.2, 0) is 11.3 Å². The maximum atomic E-state index is 10.6. The van der Waals surface area contributed by atoms with Gasteiger partial charge in [-0.15, -0.1) is 0 Å². The number of anilines is 1. The van der Waals surface area contributed by atoms with Crippen LogP contribution in [0.5, 0.6) is 5.88 Å². The molecule has 0 saturated heterocycles. The highest BCUT2D eigenvalue weighted by Crippen LogP contribution is 2.23. The number of hydrogen-bond acceptors (Lipinski definition) is 4. The lowest BCUT2D eigenvalue weighted by molar-refractivity contribution is -0.192. The maximum absolute atomic E-state index is 10.6. The van der Waals surface area contributed by atoms with Crippen molar-refractivity contribution in [1.82, 2.24) is 9.78 Å². The topological polar surface area (TPSA) is 90.4 Å². The number of alkyl halides is 3. The number of halogens is 3. The number of nitrogen functional groups attached to an aromatic ring is 1. The van der Waals surface area contributed by atoms with E-state index < -0.39 is 12.1 Å². The molecule has 0 spiro atoms. The van der Waals surface area contributed by atoms with Gasteiger partial charge in [0.2, 0.25) is 5.88 Å². The van der Waals surface area contributed by atoms with Crippen molar-refractivity contribution in [3.8, 4) is 5.88 Å². The Kier molecular flexibility index (Phi) is 3.25. The fraction of sp³-hybridized carbons (Fsp3) is 0.429. The molecule has 0 bridgehead atoms. The van der Waals surface area contributed by atoms with Gasteiger partial charge in [0, 0.05) is 0 Å². The maximum Gasteiger partial charge on any atom is 0.490 e. The Balaban J connectivity index is 0.000000168. The van der Waals surface area contributed by atoms with E-state index in [1.807, 2.05) is 0 Å². The Morgan fingerprint density at radius 2 is 2.19 bits per heavy atom. The number of carboxylic acid groups (broad SMARTS) is 1. The number of hydrogen-bond donors (Lipinski definition) is 2. The first-order valence-electron chi connectivity index (χ1n) is 4.06. The molecule has 2 heterocycles. The van der Waals surface area contributed by atoms with Crippen LogP contribution in [-0.4, -0.2) is 33.6 Å². The van der Waals surface area contributed by atoms with Gasteiger partial charge < -0.3 is 15.6 Å². The number of carbonyl (C=O) groups is 1. The van der Waals surface area contributed by atoms with Gasteiger partial charge in [0.1, 0.15) is 12.3 Å². The fourth-order valence-electron chi connectivity index (χ4n) is 0.934. The lowest BCUT2D eigenvalue weighted by Gasteiger charge is -1.93. The summed E-state index contributed by atoms with van der Waals surface area (Å²) >= 11 is 0. The molecule has 0 fully saturated rings. The van der Waals surface area contributed by atoms with Crippen molar-refractivity contribution in [2.45, 2.75) is 12.7 Å². The first-order valence-corrected chi connectivity index (χ1v) is 4.06. The molecule has 6 nitrogen and oxygen atoms in total. The Labute approximate surface area is 87.4 Å². The van der Waals surface area contributed by atoms with Gasteiger partial charge in [-0.25, -0.2) is 9.48 Å². The average Bonchev–Trinajstić information content (AvgIpc) is 2.71. The molecular formula is C7H8F3N3O3. The van der Waals surface area contributed by atoms with E-state index in [2.05, 4.69) is 5.10 Å². The minimum absolute atomic E-state index is 0.632. The molecule has 0 radical (unpaired) electrons. The predicted octanol–water partition coefficient (Wildman–Crippen LogP) is 0.491. The third-order valence-corrected chi connectivity index (χ3v) is 1.60. The van der Waals surface area contributed by atoms with E-state index in [1.54, 1.807) is 10.9 Å². The Bertz CT molecular complexity index is 388. The van der Waals surface area contributed by atoms with Crippen LogP contribution < -0.4 is 10.5 Å². The van der Waals surface area contributed by atoms with Crippen LogP contribution in [0.3, 0.4) is 0 Å². The molecule has 0 amide bonds. The van der Waals surface area contributed by atoms with Gasteiger partial charge in [0.05, 0.1) is 12.7 Å². The van der Waals surface area contributed by atoms with Crippen molar-refractivity contribution in [2.75, 3.05) is 12.3 Å². The van der Waals surface area contributed by atoms with E-state index in [-0.39, 0.29) is 0 Å². The first-order chi connectivity index (χ1) is 7.32. The zero-order valence-electron chi connectivity index (χ0n) is 7.86. The lowest BCUT2D eigenvalue weighted by Crippen LogP contribution is -2.21. The SMILES string of the molecule is Nc1cnn2c1OCC2.O=C(O)C(F)(F)F. The Morgan fingerprint density at radius 3 is 2.62 bits per heavy atom. The smallest absolute Gasteiger partial charge is 0.475 e. The molecular weight excluding hydrogens is 231 g/mol. The van der Waals surface area contributed by atoms with Gasteiger partial charge in [0.25, 0.3) is 0 Å². The van der Waals surface area contributed by atoms with Crippen LogP contribution in [0.1, 0.15) is 0 Å². The van der Waals surface area contributed by atoms with Crippen LogP contribution in [0.4, 0.5) is 18.9 Å². The number of carboxylic acids is 1. The van der Waals surface area contributed by atoms with Crippen molar-refractivity contribution in [3.05, 3.63) is 6.20 Å². The largest absolute Gasteiger partial charge is 0.490 e. The van der Waals surface area contributed by atoms with Crippen LogP contribution in [0.2, 0.25) is 0 Å². The third-order valence-electron chi connectivity index (χ3n) is 1.60. The molecule has 0 unspecified atom stereocenters. The standard InChI is InChI=1S/C5H7N3O.C2HF3O2/c6-4-3-7-8-1-2-9-5(4)8;3-2(4,5)1(6)7/h3H,1-2,6H2;(H,6,7).